The summed E-state index contributed by atoms with van der Waals surface area (Å²) in [5.41, 5.74) is 3.98. The molecule has 0 aliphatic heterocycles. The molecule has 0 aromatic heterocycles. The second-order valence-electron chi connectivity index (χ2n) is 6.68. The van der Waals surface area contributed by atoms with Gasteiger partial charge in [-0.15, -0.1) is 0 Å². The van der Waals surface area contributed by atoms with E-state index in [0.29, 0.717) is 24.3 Å². The molecule has 0 atom stereocenters. The number of carbonyl (C=O) groups is 1. The van der Waals surface area contributed by atoms with Crippen LogP contribution in [0.2, 0.25) is 0 Å². The second kappa shape index (κ2) is 8.57. The van der Waals surface area contributed by atoms with E-state index >= 15 is 0 Å². The van der Waals surface area contributed by atoms with E-state index in [1.807, 2.05) is 58.0 Å². The minimum absolute atomic E-state index is 0.0127. The number of hydrogen-bond donors (Lipinski definition) is 0. The van der Waals surface area contributed by atoms with E-state index in [1.54, 1.807) is 17.0 Å². The first-order valence-corrected chi connectivity index (χ1v) is 11.0. The van der Waals surface area contributed by atoms with Crippen LogP contribution in [-0.2, 0) is 16.6 Å². The minimum Gasteiger partial charge on any atom is -0.339 e. The van der Waals surface area contributed by atoms with Crippen LogP contribution in [0, 0.1) is 13.8 Å². The van der Waals surface area contributed by atoms with E-state index in [4.69, 9.17) is 0 Å². The third kappa shape index (κ3) is 4.89. The zero-order valence-electron chi connectivity index (χ0n) is 16.7. The number of hydrogen-bond acceptors (Lipinski definition) is 3. The summed E-state index contributed by atoms with van der Waals surface area (Å²) in [5, 5.41) is 0. The zero-order chi connectivity index (χ0) is 20.2. The predicted octanol–water partition coefficient (Wildman–Crippen LogP) is 3.75. The minimum atomic E-state index is -3.45. The summed E-state index contributed by atoms with van der Waals surface area (Å²) >= 11 is 0. The third-order valence-electron chi connectivity index (χ3n) is 4.67. The Morgan fingerprint density at radius 3 is 1.89 bits per heavy atom. The summed E-state index contributed by atoms with van der Waals surface area (Å²) in [4.78, 5) is 14.2. The molecule has 0 aliphatic rings. The van der Waals surface area contributed by atoms with Gasteiger partial charge in [-0.2, -0.15) is 0 Å². The van der Waals surface area contributed by atoms with Crippen LogP contribution in [0.25, 0.3) is 0 Å². The number of carbonyl (C=O) groups excluding carboxylic acids is 1. The largest absolute Gasteiger partial charge is 0.339 e. The number of nitrogens with zero attached hydrogens (tertiary/aromatic N) is 2. The first-order valence-electron chi connectivity index (χ1n) is 9.11. The van der Waals surface area contributed by atoms with Crippen molar-refractivity contribution in [3.05, 3.63) is 64.7 Å². The fourth-order valence-corrected chi connectivity index (χ4v) is 4.18. The van der Waals surface area contributed by atoms with Gasteiger partial charge in [-0.1, -0.05) is 30.3 Å². The Morgan fingerprint density at radius 2 is 1.44 bits per heavy atom. The lowest BCUT2D eigenvalue weighted by molar-refractivity contribution is 0.0773. The van der Waals surface area contributed by atoms with Gasteiger partial charge in [0, 0.05) is 18.7 Å². The molecule has 0 radical (unpaired) electrons. The standard InChI is InChI=1S/C21H28N2O3S/c1-6-22(7-2)21(24)19-13-11-18(12-14-19)15-23(27(5,25)26)20-16(3)9-8-10-17(20)4/h8-14H,6-7,15H2,1-5H3. The van der Waals surface area contributed by atoms with E-state index in [9.17, 15) is 13.2 Å². The summed E-state index contributed by atoms with van der Waals surface area (Å²) in [6.07, 6.45) is 1.22. The lowest BCUT2D eigenvalue weighted by atomic mass is 10.1. The van der Waals surface area contributed by atoms with Gasteiger partial charge in [0.1, 0.15) is 0 Å². The molecule has 0 aliphatic carbocycles. The highest BCUT2D eigenvalue weighted by Crippen LogP contribution is 2.28. The Kier molecular flexibility index (Phi) is 6.65. The number of sulfonamides is 1. The Labute approximate surface area is 162 Å². The van der Waals surface area contributed by atoms with Crippen LogP contribution in [0.1, 0.15) is 40.9 Å². The molecule has 6 heteroatoms. The molecule has 0 saturated carbocycles. The Morgan fingerprint density at radius 1 is 0.926 bits per heavy atom. The van der Waals surface area contributed by atoms with Crippen LogP contribution >= 0.6 is 0 Å². The number of para-hydroxylation sites is 1. The van der Waals surface area contributed by atoms with Gasteiger partial charge in [0.05, 0.1) is 18.5 Å². The molecule has 1 amide bonds. The molecule has 0 saturated heterocycles. The highest BCUT2D eigenvalue weighted by Gasteiger charge is 2.21. The number of anilines is 1. The SMILES string of the molecule is CCN(CC)C(=O)c1ccc(CN(c2c(C)cccc2C)S(C)(=O)=O)cc1. The van der Waals surface area contributed by atoms with Crippen molar-refractivity contribution in [2.75, 3.05) is 23.7 Å². The molecule has 0 N–H and O–H groups in total. The molecule has 0 fully saturated rings. The predicted molar refractivity (Wildman–Crippen MR) is 111 cm³/mol. The van der Waals surface area contributed by atoms with Gasteiger partial charge in [-0.25, -0.2) is 8.42 Å². The van der Waals surface area contributed by atoms with Crippen LogP contribution in [0.3, 0.4) is 0 Å². The van der Waals surface area contributed by atoms with Gasteiger partial charge in [0.15, 0.2) is 0 Å². The Bertz CT molecular complexity index is 881. The van der Waals surface area contributed by atoms with Crippen molar-refractivity contribution in [1.82, 2.24) is 4.90 Å². The van der Waals surface area contributed by atoms with E-state index in [-0.39, 0.29) is 12.5 Å². The maximum absolute atomic E-state index is 12.4. The monoisotopic (exact) mass is 388 g/mol. The Balaban J connectivity index is 2.33. The van der Waals surface area contributed by atoms with Crippen molar-refractivity contribution in [3.63, 3.8) is 0 Å². The first kappa shape index (κ1) is 21.0. The molecule has 146 valence electrons. The molecular weight excluding hydrogens is 360 g/mol. The molecule has 2 aromatic carbocycles. The number of aryl methyl sites for hydroxylation is 2. The third-order valence-corrected chi connectivity index (χ3v) is 5.78. The fraction of sp³-hybridized carbons (Fsp3) is 0.381. The summed E-state index contributed by atoms with van der Waals surface area (Å²) in [7, 11) is -3.45. The van der Waals surface area contributed by atoms with E-state index < -0.39 is 10.0 Å². The first-order chi connectivity index (χ1) is 12.7. The smallest absolute Gasteiger partial charge is 0.253 e. The Hall–Kier alpha value is -2.34. The maximum atomic E-state index is 12.4. The van der Waals surface area contributed by atoms with Crippen LogP contribution < -0.4 is 4.31 Å². The van der Waals surface area contributed by atoms with E-state index in [0.717, 1.165) is 16.7 Å². The molecule has 0 bridgehead atoms. The zero-order valence-corrected chi connectivity index (χ0v) is 17.5. The average molecular weight is 389 g/mol. The second-order valence-corrected chi connectivity index (χ2v) is 8.59. The van der Waals surface area contributed by atoms with Gasteiger partial charge < -0.3 is 4.90 Å². The van der Waals surface area contributed by atoms with Crippen LogP contribution in [-0.4, -0.2) is 38.6 Å². The molecule has 2 rings (SSSR count). The van der Waals surface area contributed by atoms with Crippen molar-refractivity contribution >= 4 is 21.6 Å². The van der Waals surface area contributed by atoms with Crippen molar-refractivity contribution in [2.24, 2.45) is 0 Å². The highest BCUT2D eigenvalue weighted by molar-refractivity contribution is 7.92. The molecule has 0 spiro atoms. The lowest BCUT2D eigenvalue weighted by Crippen LogP contribution is -2.31. The molecule has 2 aromatic rings. The van der Waals surface area contributed by atoms with Crippen molar-refractivity contribution in [2.45, 2.75) is 34.2 Å². The van der Waals surface area contributed by atoms with E-state index in [2.05, 4.69) is 0 Å². The molecule has 0 heterocycles. The summed E-state index contributed by atoms with van der Waals surface area (Å²) in [5.74, 6) is -0.0127. The van der Waals surface area contributed by atoms with Gasteiger partial charge in [-0.3, -0.25) is 9.10 Å². The maximum Gasteiger partial charge on any atom is 0.253 e. The number of amides is 1. The van der Waals surface area contributed by atoms with Crippen LogP contribution in [0.4, 0.5) is 5.69 Å². The molecule has 5 nitrogen and oxygen atoms in total. The highest BCUT2D eigenvalue weighted by atomic mass is 32.2. The van der Waals surface area contributed by atoms with E-state index in [1.165, 1.54) is 10.6 Å². The summed E-state index contributed by atoms with van der Waals surface area (Å²) < 4.78 is 26.3. The van der Waals surface area contributed by atoms with Crippen molar-refractivity contribution in [3.8, 4) is 0 Å². The average Bonchev–Trinajstić information content (AvgIpc) is 2.61. The van der Waals surface area contributed by atoms with Crippen molar-refractivity contribution in [1.29, 1.82) is 0 Å². The van der Waals surface area contributed by atoms with Crippen LogP contribution in [0.5, 0.6) is 0 Å². The number of benzene rings is 2. The van der Waals surface area contributed by atoms with Gasteiger partial charge in [-0.05, 0) is 56.5 Å². The number of rotatable bonds is 7. The van der Waals surface area contributed by atoms with Crippen molar-refractivity contribution < 1.29 is 13.2 Å². The summed E-state index contributed by atoms with van der Waals surface area (Å²) in [6.45, 7) is 9.26. The summed E-state index contributed by atoms with van der Waals surface area (Å²) in [6, 6.07) is 12.9. The van der Waals surface area contributed by atoms with Gasteiger partial charge >= 0.3 is 0 Å². The molecule has 27 heavy (non-hydrogen) atoms. The normalized spacial score (nSPS) is 11.3. The molecular formula is C21H28N2O3S. The quantitative estimate of drug-likeness (QED) is 0.726. The topological polar surface area (TPSA) is 57.7 Å². The van der Waals surface area contributed by atoms with Crippen LogP contribution in [0.15, 0.2) is 42.5 Å². The fourth-order valence-electron chi connectivity index (χ4n) is 3.17. The van der Waals surface area contributed by atoms with Gasteiger partial charge in [0.2, 0.25) is 10.0 Å². The van der Waals surface area contributed by atoms with Gasteiger partial charge in [0.25, 0.3) is 5.91 Å². The lowest BCUT2D eigenvalue weighted by Gasteiger charge is -2.26. The molecule has 0 unspecified atom stereocenters.